The predicted molar refractivity (Wildman–Crippen MR) is 72.7 cm³/mol. The number of piperidine rings is 1. The molecule has 2 heterocycles. The fourth-order valence-corrected chi connectivity index (χ4v) is 2.25. The molecule has 2 N–H and O–H groups in total. The third-order valence-corrected chi connectivity index (χ3v) is 3.28. The van der Waals surface area contributed by atoms with E-state index in [1.807, 2.05) is 0 Å². The zero-order chi connectivity index (χ0) is 12.3. The molecule has 1 unspecified atom stereocenters. The molecule has 0 radical (unpaired) electrons. The van der Waals surface area contributed by atoms with Crippen LogP contribution in [0.2, 0.25) is 0 Å². The van der Waals surface area contributed by atoms with Crippen LogP contribution in [0.15, 0.2) is 4.52 Å². The van der Waals surface area contributed by atoms with Crippen LogP contribution in [-0.2, 0) is 6.54 Å². The van der Waals surface area contributed by atoms with Gasteiger partial charge in [0.2, 0.25) is 5.89 Å². The smallest absolute Gasteiger partial charge is 0.229 e. The lowest BCUT2D eigenvalue weighted by Gasteiger charge is -2.30. The molecule has 0 bridgehead atoms. The molecule has 0 spiro atoms. The molecule has 0 aliphatic carbocycles. The third-order valence-electron chi connectivity index (χ3n) is 3.28. The van der Waals surface area contributed by atoms with Crippen molar-refractivity contribution in [1.82, 2.24) is 15.0 Å². The lowest BCUT2D eigenvalue weighted by Crippen LogP contribution is -2.38. The van der Waals surface area contributed by atoms with Crippen molar-refractivity contribution in [2.45, 2.75) is 39.2 Å². The van der Waals surface area contributed by atoms with E-state index in [0.717, 1.165) is 37.9 Å². The number of hydrogen-bond acceptors (Lipinski definition) is 5. The third kappa shape index (κ3) is 3.93. The van der Waals surface area contributed by atoms with Crippen LogP contribution in [0.25, 0.3) is 0 Å². The van der Waals surface area contributed by atoms with Crippen molar-refractivity contribution in [3.63, 3.8) is 0 Å². The van der Waals surface area contributed by atoms with Crippen LogP contribution in [-0.4, -0.2) is 34.7 Å². The standard InChI is InChI=1S/C12H22N4O.ClH/c1-9(2)12-14-11(15-17-12)8-16-5-3-4-10(6-13)7-16;/h9-10H,3-8,13H2,1-2H3;1H. The molecule has 2 rings (SSSR count). The number of hydrogen-bond donors (Lipinski definition) is 1. The van der Waals surface area contributed by atoms with E-state index in [-0.39, 0.29) is 12.4 Å². The number of likely N-dealkylation sites (tertiary alicyclic amines) is 1. The van der Waals surface area contributed by atoms with Gasteiger partial charge in [-0.1, -0.05) is 19.0 Å². The van der Waals surface area contributed by atoms with E-state index in [2.05, 4.69) is 28.9 Å². The number of nitrogens with zero attached hydrogens (tertiary/aromatic N) is 3. The first-order valence-corrected chi connectivity index (χ1v) is 6.44. The molecule has 1 aromatic rings. The van der Waals surface area contributed by atoms with Gasteiger partial charge in [0, 0.05) is 12.5 Å². The molecule has 0 aromatic carbocycles. The highest BCUT2D eigenvalue weighted by Gasteiger charge is 2.20. The quantitative estimate of drug-likeness (QED) is 0.907. The van der Waals surface area contributed by atoms with Crippen LogP contribution in [0.1, 0.15) is 44.3 Å². The first-order valence-electron chi connectivity index (χ1n) is 6.44. The molecule has 1 saturated heterocycles. The molecule has 1 atom stereocenters. The molecule has 18 heavy (non-hydrogen) atoms. The minimum atomic E-state index is 0. The van der Waals surface area contributed by atoms with Gasteiger partial charge >= 0.3 is 0 Å². The summed E-state index contributed by atoms with van der Waals surface area (Å²) in [5, 5.41) is 4.02. The minimum absolute atomic E-state index is 0. The summed E-state index contributed by atoms with van der Waals surface area (Å²) < 4.78 is 5.21. The zero-order valence-corrected chi connectivity index (χ0v) is 11.9. The maximum atomic E-state index is 5.73. The van der Waals surface area contributed by atoms with Crippen LogP contribution < -0.4 is 5.73 Å². The summed E-state index contributed by atoms with van der Waals surface area (Å²) in [7, 11) is 0. The molecule has 1 aromatic heterocycles. The molecule has 0 amide bonds. The second-order valence-electron chi connectivity index (χ2n) is 5.18. The van der Waals surface area contributed by atoms with Gasteiger partial charge in [-0.2, -0.15) is 4.98 Å². The normalized spacial score (nSPS) is 21.0. The lowest BCUT2D eigenvalue weighted by molar-refractivity contribution is 0.166. The van der Waals surface area contributed by atoms with Gasteiger partial charge in [0.05, 0.1) is 6.54 Å². The van der Waals surface area contributed by atoms with E-state index in [4.69, 9.17) is 10.3 Å². The van der Waals surface area contributed by atoms with Gasteiger partial charge in [-0.15, -0.1) is 12.4 Å². The van der Waals surface area contributed by atoms with Crippen molar-refractivity contribution in [2.24, 2.45) is 11.7 Å². The Bertz CT molecular complexity index is 356. The lowest BCUT2D eigenvalue weighted by atomic mass is 9.98. The Labute approximate surface area is 115 Å². The molecule has 104 valence electrons. The van der Waals surface area contributed by atoms with Crippen LogP contribution in [0.4, 0.5) is 0 Å². The van der Waals surface area contributed by atoms with Crippen molar-refractivity contribution in [1.29, 1.82) is 0 Å². The molecule has 1 aliphatic rings. The molecule has 1 aliphatic heterocycles. The van der Waals surface area contributed by atoms with E-state index in [1.54, 1.807) is 0 Å². The minimum Gasteiger partial charge on any atom is -0.339 e. The number of rotatable bonds is 4. The van der Waals surface area contributed by atoms with E-state index in [0.29, 0.717) is 11.8 Å². The van der Waals surface area contributed by atoms with Crippen molar-refractivity contribution in [3.8, 4) is 0 Å². The second kappa shape index (κ2) is 7.07. The van der Waals surface area contributed by atoms with Crippen molar-refractivity contribution >= 4 is 12.4 Å². The maximum Gasteiger partial charge on any atom is 0.229 e. The van der Waals surface area contributed by atoms with Crippen molar-refractivity contribution in [3.05, 3.63) is 11.7 Å². The van der Waals surface area contributed by atoms with Crippen molar-refractivity contribution < 1.29 is 4.52 Å². The number of aromatic nitrogens is 2. The summed E-state index contributed by atoms with van der Waals surface area (Å²) in [4.78, 5) is 6.78. The Morgan fingerprint density at radius 2 is 2.28 bits per heavy atom. The summed E-state index contributed by atoms with van der Waals surface area (Å²) in [5.74, 6) is 2.45. The fourth-order valence-electron chi connectivity index (χ4n) is 2.25. The molecule has 1 fully saturated rings. The molecular formula is C12H23ClN4O. The Hall–Kier alpha value is -0.650. The summed E-state index contributed by atoms with van der Waals surface area (Å²) in [6.07, 6.45) is 2.47. The Morgan fingerprint density at radius 3 is 2.89 bits per heavy atom. The van der Waals surface area contributed by atoms with E-state index in [9.17, 15) is 0 Å². The van der Waals surface area contributed by atoms with Gasteiger partial charge in [0.15, 0.2) is 5.82 Å². The summed E-state index contributed by atoms with van der Waals surface area (Å²) in [6, 6.07) is 0. The summed E-state index contributed by atoms with van der Waals surface area (Å²) in [5.41, 5.74) is 5.73. The first kappa shape index (κ1) is 15.4. The molecule has 0 saturated carbocycles. The first-order chi connectivity index (χ1) is 8.19. The van der Waals surface area contributed by atoms with E-state index >= 15 is 0 Å². The van der Waals surface area contributed by atoms with Gasteiger partial charge in [-0.05, 0) is 31.8 Å². The summed E-state index contributed by atoms with van der Waals surface area (Å²) in [6.45, 7) is 7.85. The average Bonchev–Trinajstić information content (AvgIpc) is 2.78. The SMILES string of the molecule is CC(C)c1nc(CN2CCCC(CN)C2)no1.Cl. The largest absolute Gasteiger partial charge is 0.339 e. The highest BCUT2D eigenvalue weighted by Crippen LogP contribution is 2.17. The predicted octanol–water partition coefficient (Wildman–Crippen LogP) is 1.79. The topological polar surface area (TPSA) is 68.2 Å². The van der Waals surface area contributed by atoms with Gasteiger partial charge in [-0.25, -0.2) is 0 Å². The van der Waals surface area contributed by atoms with E-state index < -0.39 is 0 Å². The maximum absolute atomic E-state index is 5.73. The number of halogens is 1. The van der Waals surface area contributed by atoms with Crippen molar-refractivity contribution in [2.75, 3.05) is 19.6 Å². The average molecular weight is 275 g/mol. The molecule has 5 nitrogen and oxygen atoms in total. The Kier molecular flexibility index (Phi) is 6.05. The monoisotopic (exact) mass is 274 g/mol. The second-order valence-corrected chi connectivity index (χ2v) is 5.18. The van der Waals surface area contributed by atoms with Crippen LogP contribution >= 0.6 is 12.4 Å². The highest BCUT2D eigenvalue weighted by molar-refractivity contribution is 5.85. The number of nitrogens with two attached hydrogens (primary N) is 1. The highest BCUT2D eigenvalue weighted by atomic mass is 35.5. The molecule has 6 heteroatoms. The Balaban J connectivity index is 0.00000162. The zero-order valence-electron chi connectivity index (χ0n) is 11.1. The summed E-state index contributed by atoms with van der Waals surface area (Å²) >= 11 is 0. The van der Waals surface area contributed by atoms with Gasteiger partial charge < -0.3 is 10.3 Å². The van der Waals surface area contributed by atoms with Crippen LogP contribution in [0.3, 0.4) is 0 Å². The Morgan fingerprint density at radius 1 is 1.50 bits per heavy atom. The van der Waals surface area contributed by atoms with Gasteiger partial charge in [-0.3, -0.25) is 4.90 Å². The van der Waals surface area contributed by atoms with E-state index in [1.165, 1.54) is 12.8 Å². The van der Waals surface area contributed by atoms with Gasteiger partial charge in [0.25, 0.3) is 0 Å². The fraction of sp³-hybridized carbons (Fsp3) is 0.833. The van der Waals surface area contributed by atoms with Crippen LogP contribution in [0.5, 0.6) is 0 Å². The van der Waals surface area contributed by atoms with Gasteiger partial charge in [0.1, 0.15) is 0 Å². The van der Waals surface area contributed by atoms with Crippen LogP contribution in [0, 0.1) is 5.92 Å². The molecular weight excluding hydrogens is 252 g/mol.